The van der Waals surface area contributed by atoms with Crippen LogP contribution in [0.5, 0.6) is 5.75 Å². The van der Waals surface area contributed by atoms with E-state index in [2.05, 4.69) is 18.7 Å². The summed E-state index contributed by atoms with van der Waals surface area (Å²) in [6.45, 7) is 6.34. The number of hydrogen-bond donors (Lipinski definition) is 1. The molecule has 2 atom stereocenters. The molecule has 0 amide bonds. The molecular weight excluding hydrogens is 266 g/mol. The van der Waals surface area contributed by atoms with Gasteiger partial charge in [-0.05, 0) is 44.5 Å². The Morgan fingerprint density at radius 1 is 1.24 bits per heavy atom. The Morgan fingerprint density at radius 2 is 1.90 bits per heavy atom. The molecule has 1 aliphatic rings. The summed E-state index contributed by atoms with van der Waals surface area (Å²) in [6.07, 6.45) is 4.58. The van der Waals surface area contributed by atoms with Crippen molar-refractivity contribution >= 4 is 5.97 Å². The molecule has 116 valence electrons. The van der Waals surface area contributed by atoms with Crippen LogP contribution in [0.15, 0.2) is 24.3 Å². The zero-order chi connectivity index (χ0) is 15.2. The third kappa shape index (κ3) is 3.76. The van der Waals surface area contributed by atoms with Crippen LogP contribution in [0.3, 0.4) is 0 Å². The van der Waals surface area contributed by atoms with Crippen molar-refractivity contribution in [3.8, 4) is 5.75 Å². The third-order valence-corrected chi connectivity index (χ3v) is 4.34. The predicted molar refractivity (Wildman–Crippen MR) is 83.0 cm³/mol. The Labute approximate surface area is 126 Å². The maximum atomic E-state index is 11.3. The highest BCUT2D eigenvalue weighted by Crippen LogP contribution is 2.29. The minimum atomic E-state index is -0.930. The summed E-state index contributed by atoms with van der Waals surface area (Å²) in [5.74, 6) is -0.435. The molecule has 0 aromatic heterocycles. The molecule has 1 aliphatic carbocycles. The molecule has 0 saturated heterocycles. The van der Waals surface area contributed by atoms with E-state index >= 15 is 0 Å². The van der Waals surface area contributed by atoms with Crippen LogP contribution in [0.2, 0.25) is 0 Å². The van der Waals surface area contributed by atoms with Crippen molar-refractivity contribution in [2.75, 3.05) is 13.1 Å². The van der Waals surface area contributed by atoms with Crippen LogP contribution in [-0.4, -0.2) is 41.2 Å². The SMILES string of the molecule is CCN(CC)C1CCCCC1Oc1ccccc1C(=O)O. The smallest absolute Gasteiger partial charge is 0.339 e. The molecule has 1 saturated carbocycles. The summed E-state index contributed by atoms with van der Waals surface area (Å²) in [7, 11) is 0. The van der Waals surface area contributed by atoms with Gasteiger partial charge in [-0.3, -0.25) is 4.90 Å². The fourth-order valence-corrected chi connectivity index (χ4v) is 3.23. The zero-order valence-corrected chi connectivity index (χ0v) is 12.9. The number of carboxylic acid groups (broad SMARTS) is 1. The van der Waals surface area contributed by atoms with E-state index in [4.69, 9.17) is 4.74 Å². The van der Waals surface area contributed by atoms with Crippen molar-refractivity contribution in [3.05, 3.63) is 29.8 Å². The maximum absolute atomic E-state index is 11.3. The normalized spacial score (nSPS) is 22.2. The van der Waals surface area contributed by atoms with E-state index in [0.29, 0.717) is 11.8 Å². The molecule has 4 nitrogen and oxygen atoms in total. The fourth-order valence-electron chi connectivity index (χ4n) is 3.23. The van der Waals surface area contributed by atoms with Gasteiger partial charge in [-0.2, -0.15) is 0 Å². The van der Waals surface area contributed by atoms with E-state index in [9.17, 15) is 9.90 Å². The van der Waals surface area contributed by atoms with Gasteiger partial charge in [0.25, 0.3) is 0 Å². The number of hydrogen-bond acceptors (Lipinski definition) is 3. The Bertz CT molecular complexity index is 471. The number of likely N-dealkylation sites (N-methyl/N-ethyl adjacent to an activating group) is 1. The highest BCUT2D eigenvalue weighted by molar-refractivity contribution is 5.90. The van der Waals surface area contributed by atoms with Gasteiger partial charge in [0.1, 0.15) is 17.4 Å². The highest BCUT2D eigenvalue weighted by atomic mass is 16.5. The van der Waals surface area contributed by atoms with Crippen molar-refractivity contribution in [2.24, 2.45) is 0 Å². The number of carboxylic acids is 1. The summed E-state index contributed by atoms with van der Waals surface area (Å²) in [6, 6.07) is 7.32. The van der Waals surface area contributed by atoms with Gasteiger partial charge in [-0.25, -0.2) is 4.79 Å². The molecule has 21 heavy (non-hydrogen) atoms. The topological polar surface area (TPSA) is 49.8 Å². The summed E-state index contributed by atoms with van der Waals surface area (Å²) >= 11 is 0. The number of aromatic carboxylic acids is 1. The zero-order valence-electron chi connectivity index (χ0n) is 12.9. The summed E-state index contributed by atoms with van der Waals surface area (Å²) in [5.41, 5.74) is 0.251. The molecule has 0 aliphatic heterocycles. The first-order chi connectivity index (χ1) is 10.2. The first kappa shape index (κ1) is 15.8. The summed E-state index contributed by atoms with van der Waals surface area (Å²) in [4.78, 5) is 13.7. The quantitative estimate of drug-likeness (QED) is 0.872. The van der Waals surface area contributed by atoms with Crippen molar-refractivity contribution in [1.82, 2.24) is 4.90 Å². The van der Waals surface area contributed by atoms with Gasteiger partial charge < -0.3 is 9.84 Å². The van der Waals surface area contributed by atoms with Gasteiger partial charge in [0.15, 0.2) is 0 Å². The molecule has 4 heteroatoms. The van der Waals surface area contributed by atoms with Crippen LogP contribution in [0.1, 0.15) is 49.9 Å². The number of benzene rings is 1. The Balaban J connectivity index is 2.18. The van der Waals surface area contributed by atoms with Crippen molar-refractivity contribution < 1.29 is 14.6 Å². The summed E-state index contributed by atoms with van der Waals surface area (Å²) < 4.78 is 6.12. The predicted octanol–water partition coefficient (Wildman–Crippen LogP) is 3.42. The van der Waals surface area contributed by atoms with E-state index in [1.807, 2.05) is 6.07 Å². The fraction of sp³-hybridized carbons (Fsp3) is 0.588. The van der Waals surface area contributed by atoms with Gasteiger partial charge in [-0.1, -0.05) is 32.4 Å². The average molecular weight is 291 g/mol. The monoisotopic (exact) mass is 291 g/mol. The number of carbonyl (C=O) groups is 1. The van der Waals surface area contributed by atoms with E-state index < -0.39 is 5.97 Å². The van der Waals surface area contributed by atoms with E-state index in [-0.39, 0.29) is 11.7 Å². The second-order valence-corrected chi connectivity index (χ2v) is 5.53. The van der Waals surface area contributed by atoms with Crippen molar-refractivity contribution in [1.29, 1.82) is 0 Å². The Morgan fingerprint density at radius 3 is 2.57 bits per heavy atom. The van der Waals surface area contributed by atoms with Crippen LogP contribution in [0, 0.1) is 0 Å². The lowest BCUT2D eigenvalue weighted by Crippen LogP contribution is -2.48. The first-order valence-corrected chi connectivity index (χ1v) is 7.90. The van der Waals surface area contributed by atoms with Crippen molar-refractivity contribution in [3.63, 3.8) is 0 Å². The van der Waals surface area contributed by atoms with E-state index in [0.717, 1.165) is 32.4 Å². The maximum Gasteiger partial charge on any atom is 0.339 e. The van der Waals surface area contributed by atoms with Crippen LogP contribution in [0.25, 0.3) is 0 Å². The van der Waals surface area contributed by atoms with E-state index in [1.54, 1.807) is 18.2 Å². The molecule has 1 N–H and O–H groups in total. The van der Waals surface area contributed by atoms with Gasteiger partial charge >= 0.3 is 5.97 Å². The molecule has 0 radical (unpaired) electrons. The molecule has 1 fully saturated rings. The Hall–Kier alpha value is -1.55. The molecule has 1 aromatic carbocycles. The Kier molecular flexibility index (Phi) is 5.62. The molecular formula is C17H25NO3. The van der Waals surface area contributed by atoms with Crippen LogP contribution < -0.4 is 4.74 Å². The van der Waals surface area contributed by atoms with Gasteiger partial charge in [0, 0.05) is 6.04 Å². The molecule has 0 heterocycles. The second-order valence-electron chi connectivity index (χ2n) is 5.53. The second kappa shape index (κ2) is 7.46. The molecule has 2 rings (SSSR count). The number of ether oxygens (including phenoxy) is 1. The van der Waals surface area contributed by atoms with E-state index in [1.165, 1.54) is 6.42 Å². The van der Waals surface area contributed by atoms with Crippen LogP contribution in [-0.2, 0) is 0 Å². The highest BCUT2D eigenvalue weighted by Gasteiger charge is 2.31. The van der Waals surface area contributed by atoms with Gasteiger partial charge in [-0.15, -0.1) is 0 Å². The van der Waals surface area contributed by atoms with Crippen molar-refractivity contribution in [2.45, 2.75) is 51.7 Å². The van der Waals surface area contributed by atoms with Gasteiger partial charge in [0.2, 0.25) is 0 Å². The molecule has 1 aromatic rings. The largest absolute Gasteiger partial charge is 0.488 e. The summed E-state index contributed by atoms with van der Waals surface area (Å²) in [5, 5.41) is 9.27. The number of nitrogens with zero attached hydrogens (tertiary/aromatic N) is 1. The first-order valence-electron chi connectivity index (χ1n) is 7.90. The minimum Gasteiger partial charge on any atom is -0.488 e. The van der Waals surface area contributed by atoms with Crippen LogP contribution in [0.4, 0.5) is 0 Å². The standard InChI is InChI=1S/C17H25NO3/c1-3-18(4-2)14-10-6-8-12-16(14)21-15-11-7-5-9-13(15)17(19)20/h5,7,9,11,14,16H,3-4,6,8,10,12H2,1-2H3,(H,19,20). The number of para-hydroxylation sites is 1. The third-order valence-electron chi connectivity index (χ3n) is 4.34. The lowest BCUT2D eigenvalue weighted by atomic mass is 9.91. The molecule has 0 spiro atoms. The average Bonchev–Trinajstić information content (AvgIpc) is 2.50. The molecule has 2 unspecified atom stereocenters. The minimum absolute atomic E-state index is 0.0825. The lowest BCUT2D eigenvalue weighted by Gasteiger charge is -2.39. The lowest BCUT2D eigenvalue weighted by molar-refractivity contribution is 0.0395. The molecule has 0 bridgehead atoms. The van der Waals surface area contributed by atoms with Gasteiger partial charge in [0.05, 0.1) is 0 Å². The van der Waals surface area contributed by atoms with Crippen LogP contribution >= 0.6 is 0 Å². The number of rotatable bonds is 6.